The van der Waals surface area contributed by atoms with Crippen molar-refractivity contribution in [2.24, 2.45) is 5.84 Å². The van der Waals surface area contributed by atoms with Crippen molar-refractivity contribution < 1.29 is 5.11 Å². The van der Waals surface area contributed by atoms with Gasteiger partial charge in [-0.05, 0) is 6.42 Å². The third-order valence-corrected chi connectivity index (χ3v) is 1.81. The van der Waals surface area contributed by atoms with Crippen LogP contribution in [0.25, 0.3) is 0 Å². The van der Waals surface area contributed by atoms with Crippen LogP contribution in [-0.4, -0.2) is 27.7 Å². The molecule has 6 heteroatoms. The number of nitrogens with one attached hydrogen (secondary N) is 2. The van der Waals surface area contributed by atoms with Crippen LogP contribution in [0.3, 0.4) is 0 Å². The van der Waals surface area contributed by atoms with Gasteiger partial charge in [-0.2, -0.15) is 0 Å². The molecule has 0 fully saturated rings. The van der Waals surface area contributed by atoms with Gasteiger partial charge >= 0.3 is 0 Å². The van der Waals surface area contributed by atoms with Crippen molar-refractivity contribution >= 4 is 11.6 Å². The van der Waals surface area contributed by atoms with Crippen molar-refractivity contribution in [2.45, 2.75) is 19.4 Å². The van der Waals surface area contributed by atoms with Crippen LogP contribution in [0.5, 0.6) is 0 Å². The van der Waals surface area contributed by atoms with Crippen molar-refractivity contribution in [1.29, 1.82) is 0 Å². The second kappa shape index (κ2) is 5.36. The molecule has 78 valence electrons. The molecule has 1 aromatic heterocycles. The lowest BCUT2D eigenvalue weighted by atomic mass is 10.3. The number of hydrogen-bond donors (Lipinski definition) is 4. The predicted molar refractivity (Wildman–Crippen MR) is 54.6 cm³/mol. The number of nitrogens with zero attached hydrogens (tertiary/aromatic N) is 2. The number of rotatable bonds is 5. The van der Waals surface area contributed by atoms with Gasteiger partial charge in [0.2, 0.25) is 0 Å². The van der Waals surface area contributed by atoms with E-state index >= 15 is 0 Å². The van der Waals surface area contributed by atoms with E-state index in [0.717, 1.165) is 0 Å². The summed E-state index contributed by atoms with van der Waals surface area (Å²) in [5.74, 6) is 6.36. The Bertz CT molecular complexity index is 280. The molecule has 0 radical (unpaired) electrons. The molecule has 0 aromatic carbocycles. The largest absolute Gasteiger partial charge is 0.391 e. The third kappa shape index (κ3) is 3.15. The van der Waals surface area contributed by atoms with Gasteiger partial charge in [0.25, 0.3) is 0 Å². The van der Waals surface area contributed by atoms with E-state index in [1.54, 1.807) is 6.07 Å². The van der Waals surface area contributed by atoms with E-state index in [4.69, 9.17) is 5.84 Å². The number of nitrogens with two attached hydrogens (primary N) is 1. The molecule has 1 rings (SSSR count). The zero-order chi connectivity index (χ0) is 10.4. The molecule has 0 aliphatic heterocycles. The molecule has 1 unspecified atom stereocenters. The first-order valence-corrected chi connectivity index (χ1v) is 4.46. The average molecular weight is 197 g/mol. The molecule has 0 aliphatic rings. The van der Waals surface area contributed by atoms with E-state index < -0.39 is 0 Å². The second-order valence-electron chi connectivity index (χ2n) is 2.88. The van der Waals surface area contributed by atoms with E-state index in [9.17, 15) is 5.11 Å². The minimum Gasteiger partial charge on any atom is -0.391 e. The zero-order valence-electron chi connectivity index (χ0n) is 8.07. The van der Waals surface area contributed by atoms with Gasteiger partial charge in [-0.15, -0.1) is 0 Å². The van der Waals surface area contributed by atoms with Crippen LogP contribution in [0, 0.1) is 0 Å². The Hall–Kier alpha value is -1.40. The van der Waals surface area contributed by atoms with Crippen molar-refractivity contribution in [3.63, 3.8) is 0 Å². The molecule has 1 atom stereocenters. The number of aliphatic hydroxyl groups excluding tert-OH is 1. The predicted octanol–water partition coefficient (Wildman–Crippen LogP) is -0.0550. The van der Waals surface area contributed by atoms with Crippen LogP contribution in [0.2, 0.25) is 0 Å². The molecular weight excluding hydrogens is 182 g/mol. The van der Waals surface area contributed by atoms with Gasteiger partial charge in [-0.1, -0.05) is 6.92 Å². The lowest BCUT2D eigenvalue weighted by Gasteiger charge is -2.10. The van der Waals surface area contributed by atoms with Crippen LogP contribution in [0.1, 0.15) is 13.3 Å². The highest BCUT2D eigenvalue weighted by Gasteiger charge is 2.01. The number of anilines is 2. The molecular formula is C8H15N5O. The summed E-state index contributed by atoms with van der Waals surface area (Å²) >= 11 is 0. The summed E-state index contributed by atoms with van der Waals surface area (Å²) in [5.41, 5.74) is 2.42. The lowest BCUT2D eigenvalue weighted by Crippen LogP contribution is -2.19. The van der Waals surface area contributed by atoms with Gasteiger partial charge in [0.15, 0.2) is 0 Å². The van der Waals surface area contributed by atoms with Crippen LogP contribution in [0.15, 0.2) is 12.4 Å². The molecule has 0 bridgehead atoms. The Labute approximate surface area is 82.5 Å². The molecule has 5 N–H and O–H groups in total. The molecule has 14 heavy (non-hydrogen) atoms. The van der Waals surface area contributed by atoms with E-state index in [2.05, 4.69) is 20.7 Å². The molecule has 0 aliphatic carbocycles. The van der Waals surface area contributed by atoms with Crippen molar-refractivity contribution in [1.82, 2.24) is 9.97 Å². The number of hydrazine groups is 1. The molecule has 0 spiro atoms. The Kier molecular flexibility index (Phi) is 4.09. The molecule has 0 saturated carbocycles. The van der Waals surface area contributed by atoms with Gasteiger partial charge in [0.05, 0.1) is 6.10 Å². The molecule has 6 nitrogen and oxygen atoms in total. The highest BCUT2D eigenvalue weighted by Crippen LogP contribution is 2.06. The van der Waals surface area contributed by atoms with E-state index in [0.29, 0.717) is 24.6 Å². The standard InChI is InChI=1S/C8H15N5O/c1-2-6(14)4-10-7-3-8(13-9)12-5-11-7/h3,5-6,14H,2,4,9H2,1H3,(H2,10,11,12,13). The quantitative estimate of drug-likeness (QED) is 0.390. The number of aliphatic hydroxyl groups is 1. The van der Waals surface area contributed by atoms with Crippen molar-refractivity contribution in [3.05, 3.63) is 12.4 Å². The van der Waals surface area contributed by atoms with Crippen LogP contribution < -0.4 is 16.6 Å². The summed E-state index contributed by atoms with van der Waals surface area (Å²) in [6, 6.07) is 1.67. The first-order valence-electron chi connectivity index (χ1n) is 4.46. The van der Waals surface area contributed by atoms with Crippen molar-refractivity contribution in [2.75, 3.05) is 17.3 Å². The minimum atomic E-state index is -0.362. The smallest absolute Gasteiger partial charge is 0.145 e. The first-order chi connectivity index (χ1) is 6.76. The summed E-state index contributed by atoms with van der Waals surface area (Å²) in [6.45, 7) is 2.39. The highest BCUT2D eigenvalue weighted by atomic mass is 16.3. The van der Waals surface area contributed by atoms with Crippen LogP contribution in [-0.2, 0) is 0 Å². The normalized spacial score (nSPS) is 12.2. The van der Waals surface area contributed by atoms with Crippen molar-refractivity contribution in [3.8, 4) is 0 Å². The zero-order valence-corrected chi connectivity index (χ0v) is 8.07. The maximum absolute atomic E-state index is 9.30. The maximum Gasteiger partial charge on any atom is 0.145 e. The van der Waals surface area contributed by atoms with Crippen LogP contribution in [0.4, 0.5) is 11.6 Å². The SMILES string of the molecule is CCC(O)CNc1cc(NN)ncn1. The summed E-state index contributed by atoms with van der Waals surface area (Å²) in [4.78, 5) is 7.82. The number of aromatic nitrogens is 2. The Morgan fingerprint density at radius 2 is 2.21 bits per heavy atom. The molecule has 1 heterocycles. The average Bonchev–Trinajstić information content (AvgIpc) is 2.26. The van der Waals surface area contributed by atoms with Crippen LogP contribution >= 0.6 is 0 Å². The maximum atomic E-state index is 9.30. The lowest BCUT2D eigenvalue weighted by molar-refractivity contribution is 0.183. The fraction of sp³-hybridized carbons (Fsp3) is 0.500. The summed E-state index contributed by atoms with van der Waals surface area (Å²) in [7, 11) is 0. The first kappa shape index (κ1) is 10.7. The van der Waals surface area contributed by atoms with Gasteiger partial charge < -0.3 is 15.8 Å². The number of nitrogen functional groups attached to an aromatic ring is 1. The third-order valence-electron chi connectivity index (χ3n) is 1.81. The molecule has 0 amide bonds. The van der Waals surface area contributed by atoms with E-state index in [-0.39, 0.29) is 6.10 Å². The van der Waals surface area contributed by atoms with E-state index in [1.165, 1.54) is 6.33 Å². The Balaban J connectivity index is 2.50. The topological polar surface area (TPSA) is 96.1 Å². The Morgan fingerprint density at radius 1 is 1.50 bits per heavy atom. The van der Waals surface area contributed by atoms with Gasteiger partial charge in [0, 0.05) is 12.6 Å². The minimum absolute atomic E-state index is 0.362. The highest BCUT2D eigenvalue weighted by molar-refractivity contribution is 5.45. The summed E-state index contributed by atoms with van der Waals surface area (Å²) < 4.78 is 0. The summed E-state index contributed by atoms with van der Waals surface area (Å²) in [6.07, 6.45) is 1.75. The monoisotopic (exact) mass is 197 g/mol. The summed E-state index contributed by atoms with van der Waals surface area (Å²) in [5, 5.41) is 12.3. The Morgan fingerprint density at radius 3 is 2.86 bits per heavy atom. The van der Waals surface area contributed by atoms with Gasteiger partial charge in [-0.3, -0.25) is 0 Å². The fourth-order valence-electron chi connectivity index (χ4n) is 0.900. The molecule has 1 aromatic rings. The fourth-order valence-corrected chi connectivity index (χ4v) is 0.900. The number of hydrogen-bond acceptors (Lipinski definition) is 6. The van der Waals surface area contributed by atoms with E-state index in [1.807, 2.05) is 6.92 Å². The van der Waals surface area contributed by atoms with Gasteiger partial charge in [-0.25, -0.2) is 15.8 Å². The van der Waals surface area contributed by atoms with Gasteiger partial charge in [0.1, 0.15) is 18.0 Å². The molecule has 0 saturated heterocycles. The second-order valence-corrected chi connectivity index (χ2v) is 2.88.